The van der Waals surface area contributed by atoms with Crippen molar-refractivity contribution < 1.29 is 17.9 Å². The average Bonchev–Trinajstić information content (AvgIpc) is 2.15. The molecule has 0 amide bonds. The van der Waals surface area contributed by atoms with Crippen LogP contribution in [-0.2, 0) is 4.74 Å². The van der Waals surface area contributed by atoms with Gasteiger partial charge in [-0.3, -0.25) is 0 Å². The van der Waals surface area contributed by atoms with E-state index in [0.29, 0.717) is 12.5 Å². The molecule has 16 heavy (non-hydrogen) atoms. The lowest BCUT2D eigenvalue weighted by atomic mass is 10.1. The van der Waals surface area contributed by atoms with Crippen LogP contribution in [0.15, 0.2) is 0 Å². The van der Waals surface area contributed by atoms with Crippen molar-refractivity contribution in [3.05, 3.63) is 0 Å². The van der Waals surface area contributed by atoms with E-state index in [4.69, 9.17) is 0 Å². The van der Waals surface area contributed by atoms with Crippen molar-refractivity contribution in [2.24, 2.45) is 0 Å². The molecule has 0 heterocycles. The van der Waals surface area contributed by atoms with Crippen molar-refractivity contribution in [2.45, 2.75) is 51.7 Å². The fourth-order valence-electron chi connectivity index (χ4n) is 1.47. The predicted octanol–water partition coefficient (Wildman–Crippen LogP) is 3.12. The smallest absolute Gasteiger partial charge is 0.372 e. The van der Waals surface area contributed by atoms with Gasteiger partial charge < -0.3 is 10.1 Å². The highest BCUT2D eigenvalue weighted by atomic mass is 19.4. The van der Waals surface area contributed by atoms with Gasteiger partial charge in [0, 0.05) is 12.6 Å². The third kappa shape index (κ3) is 11.8. The van der Waals surface area contributed by atoms with E-state index in [-0.39, 0.29) is 6.61 Å². The highest BCUT2D eigenvalue weighted by molar-refractivity contribution is 4.58. The van der Waals surface area contributed by atoms with Gasteiger partial charge in [-0.05, 0) is 26.3 Å². The lowest BCUT2D eigenvalue weighted by Gasteiger charge is -2.11. The van der Waals surface area contributed by atoms with Crippen LogP contribution in [0.2, 0.25) is 0 Å². The summed E-state index contributed by atoms with van der Waals surface area (Å²) in [7, 11) is 0. The third-order valence-corrected chi connectivity index (χ3v) is 2.24. The molecule has 5 heteroatoms. The maximum Gasteiger partial charge on any atom is 0.411 e. The second-order valence-electron chi connectivity index (χ2n) is 3.98. The standard InChI is InChI=1S/C11H22F3NO/c1-3-15-10(2)7-5-4-6-8-16-9-11(12,13)14/h10,15H,3-9H2,1-2H3. The molecule has 0 aliphatic carbocycles. The number of ether oxygens (including phenoxy) is 1. The highest BCUT2D eigenvalue weighted by Crippen LogP contribution is 2.14. The Morgan fingerprint density at radius 3 is 2.44 bits per heavy atom. The normalized spacial score (nSPS) is 14.1. The molecule has 0 aromatic rings. The van der Waals surface area contributed by atoms with Crippen molar-refractivity contribution in [3.63, 3.8) is 0 Å². The molecule has 0 bridgehead atoms. The van der Waals surface area contributed by atoms with E-state index < -0.39 is 12.8 Å². The van der Waals surface area contributed by atoms with Crippen molar-refractivity contribution >= 4 is 0 Å². The number of halogens is 3. The molecule has 2 nitrogen and oxygen atoms in total. The van der Waals surface area contributed by atoms with Gasteiger partial charge in [-0.25, -0.2) is 0 Å². The average molecular weight is 241 g/mol. The van der Waals surface area contributed by atoms with E-state index in [1.807, 2.05) is 0 Å². The Kier molecular flexibility index (Phi) is 8.66. The molecule has 0 fully saturated rings. The summed E-state index contributed by atoms with van der Waals surface area (Å²) in [6.45, 7) is 4.21. The minimum absolute atomic E-state index is 0.203. The molecule has 0 spiro atoms. The van der Waals surface area contributed by atoms with Crippen LogP contribution in [0.4, 0.5) is 13.2 Å². The summed E-state index contributed by atoms with van der Waals surface area (Å²) in [4.78, 5) is 0. The van der Waals surface area contributed by atoms with E-state index in [0.717, 1.165) is 25.8 Å². The molecule has 1 unspecified atom stereocenters. The highest BCUT2D eigenvalue weighted by Gasteiger charge is 2.27. The summed E-state index contributed by atoms with van der Waals surface area (Å²) in [5.41, 5.74) is 0. The first kappa shape index (κ1) is 15.7. The zero-order valence-corrected chi connectivity index (χ0v) is 10.1. The molecular weight excluding hydrogens is 219 g/mol. The summed E-state index contributed by atoms with van der Waals surface area (Å²) >= 11 is 0. The summed E-state index contributed by atoms with van der Waals surface area (Å²) in [5, 5.41) is 3.29. The number of nitrogens with one attached hydrogen (secondary N) is 1. The maximum atomic E-state index is 11.7. The fraction of sp³-hybridized carbons (Fsp3) is 1.00. The Hall–Kier alpha value is -0.290. The predicted molar refractivity (Wildman–Crippen MR) is 58.5 cm³/mol. The van der Waals surface area contributed by atoms with Crippen LogP contribution in [0.5, 0.6) is 0 Å². The molecule has 0 radical (unpaired) electrons. The summed E-state index contributed by atoms with van der Waals surface area (Å²) in [6, 6.07) is 0.487. The quantitative estimate of drug-likeness (QED) is 0.626. The zero-order chi connectivity index (χ0) is 12.4. The topological polar surface area (TPSA) is 21.3 Å². The molecule has 1 atom stereocenters. The van der Waals surface area contributed by atoms with E-state index >= 15 is 0 Å². The van der Waals surface area contributed by atoms with E-state index in [2.05, 4.69) is 23.9 Å². The number of hydrogen-bond donors (Lipinski definition) is 1. The Morgan fingerprint density at radius 2 is 1.88 bits per heavy atom. The fourth-order valence-corrected chi connectivity index (χ4v) is 1.47. The molecule has 0 aromatic carbocycles. The van der Waals surface area contributed by atoms with Gasteiger partial charge in [0.2, 0.25) is 0 Å². The summed E-state index contributed by atoms with van der Waals surface area (Å²) in [6.07, 6.45) is -0.473. The van der Waals surface area contributed by atoms with Gasteiger partial charge in [-0.1, -0.05) is 19.8 Å². The molecule has 0 saturated heterocycles. The van der Waals surface area contributed by atoms with Gasteiger partial charge in [0.1, 0.15) is 6.61 Å². The van der Waals surface area contributed by atoms with E-state index in [1.165, 1.54) is 0 Å². The minimum Gasteiger partial charge on any atom is -0.372 e. The maximum absolute atomic E-state index is 11.7. The van der Waals surface area contributed by atoms with Crippen LogP contribution in [0.25, 0.3) is 0 Å². The molecular formula is C11H22F3NO. The molecule has 0 aliphatic heterocycles. The van der Waals surface area contributed by atoms with Gasteiger partial charge in [0.25, 0.3) is 0 Å². The van der Waals surface area contributed by atoms with Crippen LogP contribution >= 0.6 is 0 Å². The van der Waals surface area contributed by atoms with E-state index in [1.54, 1.807) is 0 Å². The molecule has 0 rings (SSSR count). The van der Waals surface area contributed by atoms with Crippen LogP contribution < -0.4 is 5.32 Å². The molecule has 0 aromatic heterocycles. The zero-order valence-electron chi connectivity index (χ0n) is 10.1. The largest absolute Gasteiger partial charge is 0.411 e. The summed E-state index contributed by atoms with van der Waals surface area (Å²) in [5.74, 6) is 0. The molecule has 0 saturated carbocycles. The first-order valence-electron chi connectivity index (χ1n) is 5.83. The van der Waals surface area contributed by atoms with Gasteiger partial charge in [0.15, 0.2) is 0 Å². The van der Waals surface area contributed by atoms with Crippen molar-refractivity contribution in [2.75, 3.05) is 19.8 Å². The minimum atomic E-state index is -4.19. The SMILES string of the molecule is CCNC(C)CCCCCOCC(F)(F)F. The van der Waals surface area contributed by atoms with Gasteiger partial charge >= 0.3 is 6.18 Å². The Bertz CT molecular complexity index is 162. The lowest BCUT2D eigenvalue weighted by molar-refractivity contribution is -0.174. The van der Waals surface area contributed by atoms with Gasteiger partial charge in [0.05, 0.1) is 0 Å². The lowest BCUT2D eigenvalue weighted by Crippen LogP contribution is -2.25. The second-order valence-corrected chi connectivity index (χ2v) is 3.98. The van der Waals surface area contributed by atoms with Gasteiger partial charge in [-0.2, -0.15) is 13.2 Å². The monoisotopic (exact) mass is 241 g/mol. The number of rotatable bonds is 9. The van der Waals surface area contributed by atoms with Crippen LogP contribution in [0.1, 0.15) is 39.5 Å². The molecule has 98 valence electrons. The number of hydrogen-bond acceptors (Lipinski definition) is 2. The second kappa shape index (κ2) is 8.82. The van der Waals surface area contributed by atoms with Crippen LogP contribution in [0.3, 0.4) is 0 Å². The van der Waals surface area contributed by atoms with Gasteiger partial charge in [-0.15, -0.1) is 0 Å². The first-order chi connectivity index (χ1) is 7.45. The Balaban J connectivity index is 3.16. The first-order valence-corrected chi connectivity index (χ1v) is 5.83. The number of alkyl halides is 3. The Morgan fingerprint density at radius 1 is 1.19 bits per heavy atom. The summed E-state index contributed by atoms with van der Waals surface area (Å²) < 4.78 is 39.6. The molecule has 1 N–H and O–H groups in total. The molecule has 0 aliphatic rings. The van der Waals surface area contributed by atoms with Crippen molar-refractivity contribution in [1.82, 2.24) is 5.32 Å². The van der Waals surface area contributed by atoms with Crippen LogP contribution in [0, 0.1) is 0 Å². The van der Waals surface area contributed by atoms with E-state index in [9.17, 15) is 13.2 Å². The van der Waals surface area contributed by atoms with Crippen LogP contribution in [-0.4, -0.2) is 32.0 Å². The Labute approximate surface area is 95.5 Å². The third-order valence-electron chi connectivity index (χ3n) is 2.24. The van der Waals surface area contributed by atoms with Crippen molar-refractivity contribution in [1.29, 1.82) is 0 Å². The van der Waals surface area contributed by atoms with Crippen molar-refractivity contribution in [3.8, 4) is 0 Å². The number of unbranched alkanes of at least 4 members (excludes halogenated alkanes) is 2.